The lowest BCUT2D eigenvalue weighted by atomic mass is 9.47. The summed E-state index contributed by atoms with van der Waals surface area (Å²) >= 11 is 0. The van der Waals surface area contributed by atoms with Crippen LogP contribution in [0.15, 0.2) is 30.4 Å². The molecule has 0 unspecified atom stereocenters. The van der Waals surface area contributed by atoms with Gasteiger partial charge in [-0.2, -0.15) is 0 Å². The van der Waals surface area contributed by atoms with Crippen molar-refractivity contribution in [2.24, 2.45) is 5.41 Å². The minimum Gasteiger partial charge on any atom is -0.497 e. The van der Waals surface area contributed by atoms with E-state index in [9.17, 15) is 14.7 Å². The largest absolute Gasteiger partial charge is 0.497 e. The predicted molar refractivity (Wildman–Crippen MR) is 140 cm³/mol. The van der Waals surface area contributed by atoms with Crippen molar-refractivity contribution in [3.05, 3.63) is 35.9 Å². The summed E-state index contributed by atoms with van der Waals surface area (Å²) in [4.78, 5) is 29.8. The highest BCUT2D eigenvalue weighted by molar-refractivity contribution is 5.72. The Bertz CT molecular complexity index is 1130. The summed E-state index contributed by atoms with van der Waals surface area (Å²) in [7, 11) is 5.13. The molecular weight excluding hydrogens is 490 g/mol. The Kier molecular flexibility index (Phi) is 6.86. The van der Waals surface area contributed by atoms with Crippen LogP contribution in [0.25, 0.3) is 0 Å². The first-order chi connectivity index (χ1) is 18.2. The zero-order valence-electron chi connectivity index (χ0n) is 22.9. The topological polar surface area (TPSA) is 110 Å². The van der Waals surface area contributed by atoms with Crippen LogP contribution in [0, 0.1) is 5.41 Å². The van der Waals surface area contributed by atoms with Crippen molar-refractivity contribution in [3.8, 4) is 5.75 Å². The van der Waals surface area contributed by atoms with E-state index in [-0.39, 0.29) is 25.8 Å². The predicted octanol–water partition coefficient (Wildman–Crippen LogP) is 1.84. The highest BCUT2D eigenvalue weighted by Crippen LogP contribution is 2.67. The molecule has 0 radical (unpaired) electrons. The Balaban J connectivity index is 1.68. The van der Waals surface area contributed by atoms with Crippen LogP contribution < -0.4 is 15.0 Å². The fourth-order valence-corrected chi connectivity index (χ4v) is 8.13. The first-order valence-corrected chi connectivity index (χ1v) is 13.3. The number of hydrogen-bond acceptors (Lipinski definition) is 9. The third-order valence-electron chi connectivity index (χ3n) is 9.25. The van der Waals surface area contributed by atoms with Crippen LogP contribution in [0.5, 0.6) is 5.75 Å². The number of esters is 1. The van der Waals surface area contributed by atoms with Crippen molar-refractivity contribution in [1.29, 1.82) is 0 Å². The Morgan fingerprint density at radius 3 is 2.68 bits per heavy atom. The average molecular weight is 530 g/mol. The smallest absolute Gasteiger partial charge is 0.407 e. The summed E-state index contributed by atoms with van der Waals surface area (Å²) < 4.78 is 21.9. The summed E-state index contributed by atoms with van der Waals surface area (Å²) in [6.45, 7) is 5.30. The van der Waals surface area contributed by atoms with E-state index >= 15 is 0 Å². The van der Waals surface area contributed by atoms with Crippen LogP contribution in [-0.2, 0) is 24.4 Å². The maximum atomic E-state index is 12.9. The highest BCUT2D eigenvalue weighted by atomic mass is 16.6. The first-order valence-electron chi connectivity index (χ1n) is 13.3. The zero-order valence-corrected chi connectivity index (χ0v) is 22.9. The molecule has 3 aliphatic heterocycles. The van der Waals surface area contributed by atoms with Gasteiger partial charge < -0.3 is 34.3 Å². The standard InChI is InChI=1S/C28H39N3O7/c1-6-26-10-7-12-31-13-11-27(22(26)31)20-9-8-19(36-5)16-21(20)30(3)23(27)28(34,24(26)38-18(2)32)17-29-25(33)37-15-14-35-4/h7-10,16,22-24,34H,6,11-15,17H2,1-5H3,(H,29,33)/t22-,23+,24+,26+,27+,28-/m0/s1. The molecule has 208 valence electrons. The third-order valence-corrected chi connectivity index (χ3v) is 9.25. The summed E-state index contributed by atoms with van der Waals surface area (Å²) in [6.07, 6.45) is 4.17. The van der Waals surface area contributed by atoms with E-state index in [0.29, 0.717) is 6.42 Å². The molecule has 0 aromatic heterocycles. The number of rotatable bonds is 8. The van der Waals surface area contributed by atoms with Crippen molar-refractivity contribution >= 4 is 17.7 Å². The van der Waals surface area contributed by atoms with Crippen molar-refractivity contribution in [3.63, 3.8) is 0 Å². The lowest BCUT2D eigenvalue weighted by Gasteiger charge is -2.64. The highest BCUT2D eigenvalue weighted by Gasteiger charge is 2.77. The van der Waals surface area contributed by atoms with Gasteiger partial charge in [-0.05, 0) is 31.0 Å². The minimum atomic E-state index is -1.64. The maximum Gasteiger partial charge on any atom is 0.407 e. The molecule has 10 heteroatoms. The molecule has 1 aliphatic carbocycles. The number of alkyl carbamates (subject to hydrolysis) is 1. The van der Waals surface area contributed by atoms with E-state index in [1.807, 2.05) is 19.2 Å². The molecule has 1 saturated carbocycles. The number of nitrogens with one attached hydrogen (secondary N) is 1. The van der Waals surface area contributed by atoms with Crippen LogP contribution in [0.3, 0.4) is 0 Å². The van der Waals surface area contributed by atoms with Crippen LogP contribution >= 0.6 is 0 Å². The molecule has 3 heterocycles. The van der Waals surface area contributed by atoms with E-state index in [4.69, 9.17) is 18.9 Å². The number of nitrogens with zero attached hydrogens (tertiary/aromatic N) is 2. The molecule has 2 fully saturated rings. The van der Waals surface area contributed by atoms with Gasteiger partial charge in [0, 0.05) is 56.3 Å². The molecular formula is C28H39N3O7. The van der Waals surface area contributed by atoms with Crippen molar-refractivity contribution < 1.29 is 33.6 Å². The second kappa shape index (κ2) is 9.73. The van der Waals surface area contributed by atoms with Gasteiger partial charge in [0.15, 0.2) is 0 Å². The van der Waals surface area contributed by atoms with Crippen molar-refractivity contribution in [2.75, 3.05) is 59.0 Å². The quantitative estimate of drug-likeness (QED) is 0.296. The fourth-order valence-electron chi connectivity index (χ4n) is 8.13. The molecule has 1 amide bonds. The Morgan fingerprint density at radius 1 is 1.21 bits per heavy atom. The molecule has 1 saturated heterocycles. The zero-order chi connectivity index (χ0) is 27.3. The normalized spacial score (nSPS) is 34.8. The van der Waals surface area contributed by atoms with Gasteiger partial charge in [-0.25, -0.2) is 4.79 Å². The number of carbonyl (C=O) groups excluding carboxylic acids is 2. The SMILES string of the molecule is CC[C@]12C=CCN3CC[C@@]4(c5ccc(OC)cc5N(C)[C@H]4[C@@](O)(CNC(=O)OCCOC)[C@@H]1OC(C)=O)[C@@H]32. The van der Waals surface area contributed by atoms with Gasteiger partial charge in [0.05, 0.1) is 26.3 Å². The molecule has 2 N–H and O–H groups in total. The molecule has 4 aliphatic rings. The number of likely N-dealkylation sites (N-methyl/N-ethyl adjacent to an activating group) is 1. The molecule has 0 bridgehead atoms. The average Bonchev–Trinajstić information content (AvgIpc) is 3.42. The number of ether oxygens (including phenoxy) is 4. The fraction of sp³-hybridized carbons (Fsp3) is 0.643. The molecule has 6 atom stereocenters. The summed E-state index contributed by atoms with van der Waals surface area (Å²) in [6, 6.07) is 5.60. The number of aliphatic hydroxyl groups is 1. The van der Waals surface area contributed by atoms with E-state index < -0.39 is 40.6 Å². The number of fused-ring (bicyclic) bond motifs is 1. The third kappa shape index (κ3) is 3.64. The molecule has 10 nitrogen and oxygen atoms in total. The van der Waals surface area contributed by atoms with Gasteiger partial charge in [0.1, 0.15) is 24.1 Å². The Hall–Kier alpha value is -2.82. The monoisotopic (exact) mass is 529 g/mol. The number of benzene rings is 1. The van der Waals surface area contributed by atoms with E-state index in [2.05, 4.69) is 40.3 Å². The van der Waals surface area contributed by atoms with Gasteiger partial charge in [0.2, 0.25) is 0 Å². The summed E-state index contributed by atoms with van der Waals surface area (Å²) in [5, 5.41) is 15.7. The van der Waals surface area contributed by atoms with Gasteiger partial charge >= 0.3 is 12.1 Å². The molecule has 38 heavy (non-hydrogen) atoms. The molecule has 1 spiro atoms. The van der Waals surface area contributed by atoms with Gasteiger partial charge in [-0.3, -0.25) is 9.69 Å². The first kappa shape index (κ1) is 26.8. The Morgan fingerprint density at radius 2 is 2.00 bits per heavy atom. The van der Waals surface area contributed by atoms with Crippen LogP contribution in [0.4, 0.5) is 10.5 Å². The second-order valence-electron chi connectivity index (χ2n) is 10.9. The van der Waals surface area contributed by atoms with Crippen molar-refractivity contribution in [1.82, 2.24) is 10.2 Å². The minimum absolute atomic E-state index is 0.00891. The van der Waals surface area contributed by atoms with Gasteiger partial charge in [-0.1, -0.05) is 25.1 Å². The van der Waals surface area contributed by atoms with E-state index in [0.717, 1.165) is 36.5 Å². The number of hydrogen-bond donors (Lipinski definition) is 2. The van der Waals surface area contributed by atoms with Gasteiger partial charge in [0.25, 0.3) is 0 Å². The Labute approximate surface area is 223 Å². The molecule has 1 aromatic rings. The lowest BCUT2D eigenvalue weighted by molar-refractivity contribution is -0.217. The molecule has 5 rings (SSSR count). The van der Waals surface area contributed by atoms with E-state index in [1.54, 1.807) is 7.11 Å². The number of carbonyl (C=O) groups is 2. The lowest BCUT2D eigenvalue weighted by Crippen LogP contribution is -2.81. The summed E-state index contributed by atoms with van der Waals surface area (Å²) in [5.41, 5.74) is -0.661. The maximum absolute atomic E-state index is 12.9. The van der Waals surface area contributed by atoms with Crippen LogP contribution in [0.2, 0.25) is 0 Å². The van der Waals surface area contributed by atoms with Crippen LogP contribution in [-0.4, -0.2) is 100.0 Å². The number of methoxy groups -OCH3 is 2. The van der Waals surface area contributed by atoms with Crippen LogP contribution in [0.1, 0.15) is 32.3 Å². The second-order valence-corrected chi connectivity index (χ2v) is 10.9. The molecule has 1 aromatic carbocycles. The summed E-state index contributed by atoms with van der Waals surface area (Å²) in [5.74, 6) is 0.255. The van der Waals surface area contributed by atoms with E-state index in [1.165, 1.54) is 14.0 Å². The van der Waals surface area contributed by atoms with Crippen molar-refractivity contribution in [2.45, 2.75) is 55.9 Å². The van der Waals surface area contributed by atoms with Gasteiger partial charge in [-0.15, -0.1) is 0 Å². The number of amides is 1. The number of anilines is 1.